The molecule has 2 aliphatic rings. The Bertz CT molecular complexity index is 391. The van der Waals surface area contributed by atoms with Crippen LogP contribution in [0.15, 0.2) is 0 Å². The Morgan fingerprint density at radius 2 is 2.50 bits per heavy atom. The highest BCUT2D eigenvalue weighted by molar-refractivity contribution is 5.02. The van der Waals surface area contributed by atoms with E-state index in [-0.39, 0.29) is 4.90 Å². The minimum absolute atomic E-state index is 0.0938. The predicted molar refractivity (Wildman–Crippen MR) is 32.8 cm³/mol. The summed E-state index contributed by atoms with van der Waals surface area (Å²) in [5.74, 6) is 0. The summed E-state index contributed by atoms with van der Waals surface area (Å²) >= 11 is 0. The normalized spacial score (nSPS) is 81.2. The molecular weight excluding hydrogens is 100 g/mol. The molecule has 1 N–H and O–H groups in total. The van der Waals surface area contributed by atoms with Gasteiger partial charge in [0.05, 0.1) is 0 Å². The van der Waals surface area contributed by atoms with Gasteiger partial charge in [-0.3, -0.25) is 0 Å². The van der Waals surface area contributed by atoms with Gasteiger partial charge in [-0.2, -0.15) is 0 Å². The van der Waals surface area contributed by atoms with Crippen molar-refractivity contribution in [3.8, 4) is 0 Å². The van der Waals surface area contributed by atoms with Crippen LogP contribution in [0.3, 0.4) is 0 Å². The van der Waals surface area contributed by atoms with E-state index in [9.17, 15) is 0 Å². The first-order chi connectivity index (χ1) is 8.07. The van der Waals surface area contributed by atoms with E-state index in [1.54, 1.807) is 0 Å². The molecule has 2 fully saturated rings. The van der Waals surface area contributed by atoms with Gasteiger partial charge in [0.15, 0.2) is 0 Å². The maximum atomic E-state index is 7.72. The van der Waals surface area contributed by atoms with Crippen LogP contribution in [-0.4, -0.2) is 37.9 Å². The molecule has 2 rings (SSSR count). The molecule has 2 saturated heterocycles. The Morgan fingerprint density at radius 1 is 1.75 bits per heavy atom. The molecular formula is C6H12N2. The Balaban J connectivity index is 2.62. The van der Waals surface area contributed by atoms with Crippen molar-refractivity contribution in [1.29, 1.82) is 0 Å². The second-order valence-electron chi connectivity index (χ2n) is 1.68. The zero-order valence-electron chi connectivity index (χ0n) is 14.9. The lowest BCUT2D eigenvalue weighted by Gasteiger charge is -2.55. The van der Waals surface area contributed by atoms with Crippen molar-refractivity contribution in [2.75, 3.05) is 33.0 Å². The van der Waals surface area contributed by atoms with E-state index in [0.717, 1.165) is 0 Å². The third-order valence-corrected chi connectivity index (χ3v) is 1.06. The fourth-order valence-electron chi connectivity index (χ4n) is 0.635. The summed E-state index contributed by atoms with van der Waals surface area (Å²) < 4.78 is 82.6. The van der Waals surface area contributed by atoms with Gasteiger partial charge in [0.25, 0.3) is 0 Å². The van der Waals surface area contributed by atoms with Crippen molar-refractivity contribution in [2.24, 2.45) is 5.41 Å². The second kappa shape index (κ2) is 1.25. The maximum Gasteiger partial charge on any atom is 0.0438 e. The average Bonchev–Trinajstić information content (AvgIpc) is 1.89. The van der Waals surface area contributed by atoms with Crippen molar-refractivity contribution >= 4 is 0 Å². The Kier molecular flexibility index (Phi) is 0.150. The van der Waals surface area contributed by atoms with E-state index in [1.807, 2.05) is 5.32 Å². The Hall–Kier alpha value is -0.0800. The van der Waals surface area contributed by atoms with E-state index in [1.165, 1.54) is 0 Å². The number of likely N-dealkylation sites (tertiary alicyclic amines) is 1. The van der Waals surface area contributed by atoms with Gasteiger partial charge < -0.3 is 10.2 Å². The average molecular weight is 123 g/mol. The Morgan fingerprint density at radius 3 is 3.00 bits per heavy atom. The highest BCUT2D eigenvalue weighted by Crippen LogP contribution is 2.32. The van der Waals surface area contributed by atoms with Gasteiger partial charge in [-0.1, -0.05) is 0 Å². The molecule has 1 spiro atoms. The molecule has 0 aliphatic carbocycles. The highest BCUT2D eigenvalue weighted by atomic mass is 15.2. The zero-order valence-corrected chi connectivity index (χ0v) is 3.95. The molecule has 0 amide bonds. The molecule has 2 heteroatoms. The molecule has 0 bridgehead atoms. The standard InChI is InChI=1S/C6H12N2/c1-8-4-6(5-8)2-7-3-6/h7H,2-5H2,1H3/i1D3,2D2,3D2,4D2,5D2. The quantitative estimate of drug-likeness (QED) is 0.468. The van der Waals surface area contributed by atoms with Gasteiger partial charge in [-0.05, 0) is 6.98 Å². The van der Waals surface area contributed by atoms with Crippen LogP contribution in [0.25, 0.3) is 0 Å². The number of hydrogen-bond acceptors (Lipinski definition) is 2. The van der Waals surface area contributed by atoms with E-state index in [2.05, 4.69) is 0 Å². The monoisotopic (exact) mass is 123 g/mol. The SMILES string of the molecule is [2H]C([2H])([2H])N1C([2H])([2H])C2(C([2H])([2H])NC2([2H])[2H])C1([2H])[2H]. The maximum absolute atomic E-state index is 7.72. The van der Waals surface area contributed by atoms with Crippen LogP contribution in [-0.2, 0) is 0 Å². The van der Waals surface area contributed by atoms with Crippen molar-refractivity contribution in [3.63, 3.8) is 0 Å². The van der Waals surface area contributed by atoms with Crippen molar-refractivity contribution in [2.45, 2.75) is 0 Å². The van der Waals surface area contributed by atoms with Crippen LogP contribution < -0.4 is 5.32 Å². The minimum Gasteiger partial charge on any atom is -0.315 e. The van der Waals surface area contributed by atoms with Gasteiger partial charge in [0, 0.05) is 46.5 Å². The number of hydrogen-bond donors (Lipinski definition) is 1. The molecule has 0 unspecified atom stereocenters. The number of nitrogens with one attached hydrogen (secondary N) is 1. The molecule has 0 aromatic carbocycles. The molecule has 0 aromatic heterocycles. The fraction of sp³-hybridized carbons (Fsp3) is 1.00. The zero-order chi connectivity index (χ0) is 15.3. The van der Waals surface area contributed by atoms with Crippen LogP contribution in [0.5, 0.6) is 0 Å². The first-order valence-electron chi connectivity index (χ1n) is 7.67. The van der Waals surface area contributed by atoms with Gasteiger partial charge in [-0.15, -0.1) is 0 Å². The Labute approximate surface area is 65.3 Å². The van der Waals surface area contributed by atoms with E-state index >= 15 is 0 Å². The van der Waals surface area contributed by atoms with Gasteiger partial charge in [0.2, 0.25) is 0 Å². The molecule has 2 aliphatic heterocycles. The topological polar surface area (TPSA) is 15.3 Å². The van der Waals surface area contributed by atoms with Gasteiger partial charge in [-0.25, -0.2) is 0 Å². The largest absolute Gasteiger partial charge is 0.315 e. The van der Waals surface area contributed by atoms with E-state index in [4.69, 9.17) is 15.1 Å². The molecule has 2 nitrogen and oxygen atoms in total. The van der Waals surface area contributed by atoms with Crippen molar-refractivity contribution in [1.82, 2.24) is 10.2 Å². The summed E-state index contributed by atoms with van der Waals surface area (Å²) in [6.45, 7) is -14.5. The minimum atomic E-state index is -3.14. The lowest BCUT2D eigenvalue weighted by molar-refractivity contribution is -0.0218. The molecule has 8 heavy (non-hydrogen) atoms. The van der Waals surface area contributed by atoms with Crippen LogP contribution in [0.2, 0.25) is 0 Å². The molecule has 0 radical (unpaired) electrons. The summed E-state index contributed by atoms with van der Waals surface area (Å²) in [4.78, 5) is -0.0938. The summed E-state index contributed by atoms with van der Waals surface area (Å²) in [7, 11) is 0. The van der Waals surface area contributed by atoms with E-state index < -0.39 is 38.4 Å². The van der Waals surface area contributed by atoms with Gasteiger partial charge >= 0.3 is 0 Å². The summed E-state index contributed by atoms with van der Waals surface area (Å²) in [6, 6.07) is 0. The summed E-state index contributed by atoms with van der Waals surface area (Å²) in [5.41, 5.74) is -2.76. The van der Waals surface area contributed by atoms with Gasteiger partial charge in [0.1, 0.15) is 0 Å². The summed E-state index contributed by atoms with van der Waals surface area (Å²) in [6.07, 6.45) is 0. The predicted octanol–water partition coefficient (Wildman–Crippen LogP) is -0.479. The lowest BCUT2D eigenvalue weighted by Crippen LogP contribution is -2.69. The highest BCUT2D eigenvalue weighted by Gasteiger charge is 2.45. The third kappa shape index (κ3) is 0.446. The van der Waals surface area contributed by atoms with Crippen molar-refractivity contribution < 1.29 is 15.1 Å². The van der Waals surface area contributed by atoms with Crippen LogP contribution in [0.1, 0.15) is 15.1 Å². The first kappa shape index (κ1) is 0.956. The molecule has 46 valence electrons. The van der Waals surface area contributed by atoms with E-state index in [0.29, 0.717) is 0 Å². The summed E-state index contributed by atoms with van der Waals surface area (Å²) in [5, 5.41) is 1.81. The first-order valence-corrected chi connectivity index (χ1v) is 2.17. The van der Waals surface area contributed by atoms with Crippen molar-refractivity contribution in [3.05, 3.63) is 0 Å². The fourth-order valence-corrected chi connectivity index (χ4v) is 0.635. The van der Waals surface area contributed by atoms with Crippen LogP contribution in [0, 0.1) is 5.41 Å². The second-order valence-corrected chi connectivity index (χ2v) is 1.68. The molecule has 0 saturated carbocycles. The van der Waals surface area contributed by atoms with Crippen LogP contribution >= 0.6 is 0 Å². The lowest BCUT2D eigenvalue weighted by atomic mass is 9.75. The third-order valence-electron chi connectivity index (χ3n) is 1.06. The number of rotatable bonds is 0. The smallest absolute Gasteiger partial charge is 0.0438 e. The van der Waals surface area contributed by atoms with Crippen LogP contribution in [0.4, 0.5) is 0 Å². The molecule has 0 atom stereocenters. The molecule has 0 aromatic rings. The molecule has 2 heterocycles. The number of nitrogens with zero attached hydrogens (tertiary/aromatic N) is 1.